The van der Waals surface area contributed by atoms with Gasteiger partial charge in [0.25, 0.3) is 0 Å². The zero-order valence-corrected chi connectivity index (χ0v) is 22.0. The Kier molecular flexibility index (Phi) is 9.14. The van der Waals surface area contributed by atoms with Crippen LogP contribution in [0.2, 0.25) is 0 Å². The number of aryl methyl sites for hydroxylation is 1. The lowest BCUT2D eigenvalue weighted by molar-refractivity contribution is -0.120. The highest BCUT2D eigenvalue weighted by molar-refractivity contribution is 5.99. The molecule has 5 heteroatoms. The Labute approximate surface area is 219 Å². The molecule has 0 aliphatic rings. The topological polar surface area (TPSA) is 77.8 Å². The molecule has 0 spiro atoms. The number of hydrogen-bond donors (Lipinski definition) is 2. The summed E-state index contributed by atoms with van der Waals surface area (Å²) in [5.41, 5.74) is 3.63. The molecule has 0 radical (unpaired) electrons. The second-order valence-electron chi connectivity index (χ2n) is 10.4. The van der Waals surface area contributed by atoms with Gasteiger partial charge in [-0.15, -0.1) is 0 Å². The highest BCUT2D eigenvalue weighted by Gasteiger charge is 2.26. The molecule has 3 aromatic rings. The van der Waals surface area contributed by atoms with E-state index in [0.29, 0.717) is 0 Å². The number of phenols is 1. The van der Waals surface area contributed by atoms with E-state index in [1.54, 1.807) is 6.07 Å². The lowest BCUT2D eigenvalue weighted by atomic mass is 9.91. The van der Waals surface area contributed by atoms with Crippen LogP contribution in [0.3, 0.4) is 0 Å². The highest BCUT2D eigenvalue weighted by Crippen LogP contribution is 2.34. The largest absolute Gasteiger partial charge is 0.505 e. The van der Waals surface area contributed by atoms with Crippen LogP contribution in [-0.2, 0) is 17.8 Å². The summed E-state index contributed by atoms with van der Waals surface area (Å²) in [6, 6.07) is 20.4. The van der Waals surface area contributed by atoms with Crippen molar-refractivity contribution in [2.45, 2.75) is 59.9 Å². The molecule has 37 heavy (non-hydrogen) atoms. The van der Waals surface area contributed by atoms with Gasteiger partial charge in [0, 0.05) is 17.5 Å². The van der Waals surface area contributed by atoms with Crippen LogP contribution in [0.15, 0.2) is 66.7 Å². The van der Waals surface area contributed by atoms with Crippen LogP contribution in [0.25, 0.3) is 0 Å². The van der Waals surface area contributed by atoms with Crippen molar-refractivity contribution in [3.05, 3.63) is 94.5 Å². The molecule has 0 aliphatic heterocycles. The molecule has 0 bridgehead atoms. The Morgan fingerprint density at radius 2 is 1.43 bits per heavy atom. The number of carbonyl (C=O) groups is 2. The van der Waals surface area contributed by atoms with E-state index in [2.05, 4.69) is 30.9 Å². The van der Waals surface area contributed by atoms with Crippen molar-refractivity contribution in [2.24, 2.45) is 5.41 Å². The van der Waals surface area contributed by atoms with E-state index in [9.17, 15) is 19.8 Å². The molecule has 2 N–H and O–H groups in total. The smallest absolute Gasteiger partial charge is 0.339 e. The number of aromatic carboxylic acids is 1. The third-order valence-corrected chi connectivity index (χ3v) is 5.94. The SMILES string of the molecule is CCCCc1ccc(C#Cc2ccc(CN(C(=O)CC(C)(C)C)c3cccc(C(=O)O)c3O)cc2)cc1. The summed E-state index contributed by atoms with van der Waals surface area (Å²) in [7, 11) is 0. The molecule has 1 amide bonds. The predicted octanol–water partition coefficient (Wildman–Crippen LogP) is 6.80. The second-order valence-corrected chi connectivity index (χ2v) is 10.4. The third-order valence-electron chi connectivity index (χ3n) is 5.94. The summed E-state index contributed by atoms with van der Waals surface area (Å²) in [6.07, 6.45) is 3.68. The predicted molar refractivity (Wildman–Crippen MR) is 148 cm³/mol. The van der Waals surface area contributed by atoms with Crippen LogP contribution >= 0.6 is 0 Å². The first-order chi connectivity index (χ1) is 17.6. The molecule has 3 aromatic carbocycles. The number of hydrogen-bond acceptors (Lipinski definition) is 3. The van der Waals surface area contributed by atoms with E-state index in [0.717, 1.165) is 23.1 Å². The molecule has 0 aromatic heterocycles. The number of para-hydroxylation sites is 1. The van der Waals surface area contributed by atoms with Crippen LogP contribution in [0.4, 0.5) is 5.69 Å². The number of amides is 1. The summed E-state index contributed by atoms with van der Waals surface area (Å²) >= 11 is 0. The summed E-state index contributed by atoms with van der Waals surface area (Å²) in [5, 5.41) is 20.1. The Hall–Kier alpha value is -4.04. The molecule has 3 rings (SSSR count). The van der Waals surface area contributed by atoms with Gasteiger partial charge in [-0.3, -0.25) is 4.79 Å². The molecular weight excluding hydrogens is 462 g/mol. The number of benzene rings is 3. The van der Waals surface area contributed by atoms with Gasteiger partial charge in [-0.05, 0) is 65.8 Å². The minimum absolute atomic E-state index is 0.181. The molecule has 0 fully saturated rings. The second kappa shape index (κ2) is 12.3. The van der Waals surface area contributed by atoms with Gasteiger partial charge in [-0.2, -0.15) is 0 Å². The van der Waals surface area contributed by atoms with E-state index in [4.69, 9.17) is 0 Å². The molecule has 5 nitrogen and oxygen atoms in total. The van der Waals surface area contributed by atoms with E-state index in [-0.39, 0.29) is 35.5 Å². The van der Waals surface area contributed by atoms with E-state index in [1.807, 2.05) is 57.2 Å². The minimum atomic E-state index is -1.25. The molecule has 192 valence electrons. The summed E-state index contributed by atoms with van der Waals surface area (Å²) in [4.78, 5) is 26.2. The van der Waals surface area contributed by atoms with Crippen LogP contribution in [-0.4, -0.2) is 22.1 Å². The lowest BCUT2D eigenvalue weighted by Gasteiger charge is -2.28. The maximum absolute atomic E-state index is 13.3. The van der Waals surface area contributed by atoms with Gasteiger partial charge in [0.2, 0.25) is 5.91 Å². The van der Waals surface area contributed by atoms with Crippen molar-refractivity contribution in [1.82, 2.24) is 0 Å². The van der Waals surface area contributed by atoms with Crippen molar-refractivity contribution in [2.75, 3.05) is 4.90 Å². The first kappa shape index (κ1) is 27.5. The lowest BCUT2D eigenvalue weighted by Crippen LogP contribution is -2.33. The highest BCUT2D eigenvalue weighted by atomic mass is 16.4. The number of carbonyl (C=O) groups excluding carboxylic acids is 1. The number of carboxylic acids is 1. The fourth-order valence-corrected chi connectivity index (χ4v) is 3.93. The number of unbranched alkanes of at least 4 members (excludes halogenated alkanes) is 1. The normalized spacial score (nSPS) is 10.9. The summed E-state index contributed by atoms with van der Waals surface area (Å²) in [5.74, 6) is 4.52. The molecule has 0 aliphatic carbocycles. The minimum Gasteiger partial charge on any atom is -0.505 e. The van der Waals surface area contributed by atoms with E-state index in [1.165, 1.54) is 35.4 Å². The Balaban J connectivity index is 1.81. The fourth-order valence-electron chi connectivity index (χ4n) is 3.93. The van der Waals surface area contributed by atoms with E-state index >= 15 is 0 Å². The Bertz CT molecular complexity index is 1290. The molecule has 0 atom stereocenters. The van der Waals surface area contributed by atoms with Gasteiger partial charge < -0.3 is 15.1 Å². The Morgan fingerprint density at radius 3 is 1.95 bits per heavy atom. The summed E-state index contributed by atoms with van der Waals surface area (Å²) in [6.45, 7) is 8.26. The molecule has 0 unspecified atom stereocenters. The molecule has 0 saturated heterocycles. The molecule has 0 saturated carbocycles. The maximum Gasteiger partial charge on any atom is 0.339 e. The number of anilines is 1. The standard InChI is InChI=1S/C32H35NO4/c1-5-6-8-23-11-13-24(14-12-23)15-16-25-17-19-26(20-18-25)22-33(29(34)21-32(2,3)4)28-10-7-9-27(30(28)35)31(36)37/h7,9-14,17-20,35H,5-6,8,21-22H2,1-4H3,(H,36,37). The van der Waals surface area contributed by atoms with Crippen molar-refractivity contribution in [3.63, 3.8) is 0 Å². The van der Waals surface area contributed by atoms with Crippen LogP contribution in [0.1, 0.15) is 79.6 Å². The van der Waals surface area contributed by atoms with Crippen LogP contribution < -0.4 is 4.90 Å². The molecule has 0 heterocycles. The van der Waals surface area contributed by atoms with Crippen molar-refractivity contribution >= 4 is 17.6 Å². The van der Waals surface area contributed by atoms with E-state index < -0.39 is 11.7 Å². The van der Waals surface area contributed by atoms with Gasteiger partial charge in [-0.25, -0.2) is 4.79 Å². The average Bonchev–Trinajstić information content (AvgIpc) is 2.85. The number of aromatic hydroxyl groups is 1. The van der Waals surface area contributed by atoms with Gasteiger partial charge in [-0.1, -0.05) is 76.3 Å². The number of nitrogens with zero attached hydrogens (tertiary/aromatic N) is 1. The van der Waals surface area contributed by atoms with Gasteiger partial charge in [0.05, 0.1) is 12.2 Å². The van der Waals surface area contributed by atoms with Gasteiger partial charge in [0.15, 0.2) is 5.75 Å². The van der Waals surface area contributed by atoms with Gasteiger partial charge >= 0.3 is 5.97 Å². The number of rotatable bonds is 8. The third kappa shape index (κ3) is 7.98. The van der Waals surface area contributed by atoms with Crippen LogP contribution in [0.5, 0.6) is 5.75 Å². The molecular formula is C32H35NO4. The number of carboxylic acid groups (broad SMARTS) is 1. The monoisotopic (exact) mass is 497 g/mol. The average molecular weight is 498 g/mol. The summed E-state index contributed by atoms with van der Waals surface area (Å²) < 4.78 is 0. The zero-order valence-electron chi connectivity index (χ0n) is 22.0. The quantitative estimate of drug-likeness (QED) is 0.336. The first-order valence-electron chi connectivity index (χ1n) is 12.6. The first-order valence-corrected chi connectivity index (χ1v) is 12.6. The Morgan fingerprint density at radius 1 is 0.865 bits per heavy atom. The maximum atomic E-state index is 13.3. The van der Waals surface area contributed by atoms with Crippen molar-refractivity contribution in [3.8, 4) is 17.6 Å². The van der Waals surface area contributed by atoms with Crippen molar-refractivity contribution in [1.29, 1.82) is 0 Å². The fraction of sp³-hybridized carbons (Fsp3) is 0.312. The van der Waals surface area contributed by atoms with Crippen LogP contribution in [0, 0.1) is 17.3 Å². The van der Waals surface area contributed by atoms with Gasteiger partial charge in [0.1, 0.15) is 5.56 Å². The zero-order chi connectivity index (χ0) is 27.0. The van der Waals surface area contributed by atoms with Crippen molar-refractivity contribution < 1.29 is 19.8 Å².